The van der Waals surface area contributed by atoms with Crippen LogP contribution < -0.4 is 4.74 Å². The Balaban J connectivity index is 2.12. The molecule has 90 valence electrons. The van der Waals surface area contributed by atoms with E-state index in [9.17, 15) is 0 Å². The van der Waals surface area contributed by atoms with Crippen molar-refractivity contribution >= 4 is 15.9 Å². The molecular weight excluding hydrogens is 292 g/mol. The molecule has 0 radical (unpaired) electrons. The van der Waals surface area contributed by atoms with E-state index in [0.717, 1.165) is 21.3 Å². The molecule has 4 heteroatoms. The summed E-state index contributed by atoms with van der Waals surface area (Å²) in [6, 6.07) is 11.5. The number of ether oxygens (including phenoxy) is 1. The van der Waals surface area contributed by atoms with Crippen molar-refractivity contribution in [3.63, 3.8) is 0 Å². The zero-order chi connectivity index (χ0) is 13.0. The Hall–Kier alpha value is -1.86. The van der Waals surface area contributed by atoms with E-state index < -0.39 is 0 Å². The van der Waals surface area contributed by atoms with E-state index in [-0.39, 0.29) is 0 Å². The average Bonchev–Trinajstić information content (AvgIpc) is 2.40. The third kappa shape index (κ3) is 2.88. The molecule has 0 saturated carbocycles. The molecule has 1 aromatic carbocycles. The normalized spacial score (nSPS) is 9.83. The molecular formula is C14H11BrN2O. The van der Waals surface area contributed by atoms with Gasteiger partial charge in [-0.3, -0.25) is 0 Å². The molecule has 0 aliphatic rings. The van der Waals surface area contributed by atoms with Gasteiger partial charge < -0.3 is 4.74 Å². The number of nitriles is 1. The molecule has 0 atom stereocenters. The number of hydrogen-bond donors (Lipinski definition) is 0. The Bertz CT molecular complexity index is 605. The van der Waals surface area contributed by atoms with Gasteiger partial charge >= 0.3 is 0 Å². The van der Waals surface area contributed by atoms with Gasteiger partial charge in [-0.05, 0) is 36.8 Å². The van der Waals surface area contributed by atoms with Gasteiger partial charge in [0.15, 0.2) is 0 Å². The summed E-state index contributed by atoms with van der Waals surface area (Å²) in [5, 5.41) is 8.92. The molecule has 0 saturated heterocycles. The summed E-state index contributed by atoms with van der Waals surface area (Å²) in [5.41, 5.74) is 2.31. The Labute approximate surface area is 114 Å². The number of hydrogen-bond acceptors (Lipinski definition) is 3. The minimum Gasteiger partial charge on any atom is -0.489 e. The Kier molecular flexibility index (Phi) is 3.96. The number of pyridine rings is 1. The minimum absolute atomic E-state index is 0.345. The minimum atomic E-state index is 0.345. The Morgan fingerprint density at radius 3 is 2.94 bits per heavy atom. The van der Waals surface area contributed by atoms with Gasteiger partial charge in [-0.15, -0.1) is 0 Å². The molecule has 0 N–H and O–H groups in total. The van der Waals surface area contributed by atoms with E-state index in [1.165, 1.54) is 0 Å². The van der Waals surface area contributed by atoms with Crippen molar-refractivity contribution in [3.8, 4) is 11.8 Å². The van der Waals surface area contributed by atoms with Crippen LogP contribution in [0.2, 0.25) is 0 Å². The Morgan fingerprint density at radius 2 is 2.22 bits per heavy atom. The number of aromatic nitrogens is 1. The molecule has 2 aromatic rings. The second kappa shape index (κ2) is 5.65. The molecule has 3 nitrogen and oxygen atoms in total. The maximum atomic E-state index is 8.92. The van der Waals surface area contributed by atoms with Crippen molar-refractivity contribution in [2.45, 2.75) is 13.5 Å². The van der Waals surface area contributed by atoms with Crippen LogP contribution >= 0.6 is 15.9 Å². The van der Waals surface area contributed by atoms with Crippen LogP contribution in [0.4, 0.5) is 0 Å². The molecule has 1 heterocycles. The standard InChI is InChI=1S/C14H11BrN2O/c1-10-7-12(4-5-13(10)15)18-9-11-3-2-6-17-14(11)8-16/h2-7H,9H2,1H3. The van der Waals surface area contributed by atoms with Gasteiger partial charge in [-0.2, -0.15) is 5.26 Å². The summed E-state index contributed by atoms with van der Waals surface area (Å²) in [4.78, 5) is 3.99. The van der Waals surface area contributed by atoms with Crippen LogP contribution in [0.3, 0.4) is 0 Å². The molecule has 0 aliphatic heterocycles. The second-order valence-corrected chi connectivity index (χ2v) is 4.68. The van der Waals surface area contributed by atoms with Crippen LogP contribution in [-0.4, -0.2) is 4.98 Å². The van der Waals surface area contributed by atoms with Crippen LogP contribution in [0.1, 0.15) is 16.8 Å². The molecule has 0 spiro atoms. The first-order valence-electron chi connectivity index (χ1n) is 5.43. The van der Waals surface area contributed by atoms with Crippen LogP contribution in [0.15, 0.2) is 41.0 Å². The van der Waals surface area contributed by atoms with Gasteiger partial charge in [0, 0.05) is 16.2 Å². The fraction of sp³-hybridized carbons (Fsp3) is 0.143. The summed E-state index contributed by atoms with van der Waals surface area (Å²) in [6.07, 6.45) is 1.60. The van der Waals surface area contributed by atoms with Crippen LogP contribution in [0.25, 0.3) is 0 Å². The summed E-state index contributed by atoms with van der Waals surface area (Å²) >= 11 is 3.44. The fourth-order valence-electron chi connectivity index (χ4n) is 1.52. The summed E-state index contributed by atoms with van der Waals surface area (Å²) in [7, 11) is 0. The maximum absolute atomic E-state index is 8.92. The van der Waals surface area contributed by atoms with Crippen LogP contribution in [0, 0.1) is 18.3 Å². The quantitative estimate of drug-likeness (QED) is 0.870. The molecule has 0 fully saturated rings. The first-order valence-corrected chi connectivity index (χ1v) is 6.23. The highest BCUT2D eigenvalue weighted by molar-refractivity contribution is 9.10. The van der Waals surface area contributed by atoms with E-state index >= 15 is 0 Å². The number of nitrogens with zero attached hydrogens (tertiary/aromatic N) is 2. The highest BCUT2D eigenvalue weighted by Crippen LogP contribution is 2.22. The van der Waals surface area contributed by atoms with Crippen LogP contribution in [-0.2, 0) is 6.61 Å². The van der Waals surface area contributed by atoms with Crippen molar-refractivity contribution in [1.29, 1.82) is 5.26 Å². The van der Waals surface area contributed by atoms with E-state index in [1.54, 1.807) is 12.3 Å². The first kappa shape index (κ1) is 12.6. The molecule has 0 bridgehead atoms. The molecule has 1 aromatic heterocycles. The van der Waals surface area contributed by atoms with Crippen molar-refractivity contribution < 1.29 is 4.74 Å². The second-order valence-electron chi connectivity index (χ2n) is 3.82. The number of rotatable bonds is 3. The van der Waals surface area contributed by atoms with Gasteiger partial charge in [-0.1, -0.05) is 22.0 Å². The van der Waals surface area contributed by atoms with Crippen molar-refractivity contribution in [2.75, 3.05) is 0 Å². The van der Waals surface area contributed by atoms with Crippen molar-refractivity contribution in [2.24, 2.45) is 0 Å². The predicted molar refractivity (Wildman–Crippen MR) is 72.2 cm³/mol. The van der Waals surface area contributed by atoms with E-state index in [0.29, 0.717) is 12.3 Å². The topological polar surface area (TPSA) is 45.9 Å². The highest BCUT2D eigenvalue weighted by Gasteiger charge is 2.04. The number of aryl methyl sites for hydroxylation is 1. The van der Waals surface area contributed by atoms with Gasteiger partial charge in [0.2, 0.25) is 0 Å². The van der Waals surface area contributed by atoms with E-state index in [4.69, 9.17) is 10.00 Å². The number of benzene rings is 1. The molecule has 2 rings (SSSR count). The third-order valence-corrected chi connectivity index (χ3v) is 3.41. The SMILES string of the molecule is Cc1cc(OCc2cccnc2C#N)ccc1Br. The van der Waals surface area contributed by atoms with Crippen LogP contribution in [0.5, 0.6) is 5.75 Å². The fourth-order valence-corrected chi connectivity index (χ4v) is 1.77. The van der Waals surface area contributed by atoms with Crippen molar-refractivity contribution in [3.05, 3.63) is 57.8 Å². The summed E-state index contributed by atoms with van der Waals surface area (Å²) < 4.78 is 6.71. The lowest BCUT2D eigenvalue weighted by molar-refractivity contribution is 0.305. The lowest BCUT2D eigenvalue weighted by atomic mass is 10.2. The number of halogens is 1. The average molecular weight is 303 g/mol. The summed E-state index contributed by atoms with van der Waals surface area (Å²) in [6.45, 7) is 2.35. The lowest BCUT2D eigenvalue weighted by Gasteiger charge is -2.08. The van der Waals surface area contributed by atoms with Gasteiger partial charge in [0.1, 0.15) is 24.1 Å². The molecule has 18 heavy (non-hydrogen) atoms. The zero-order valence-corrected chi connectivity index (χ0v) is 11.4. The molecule has 0 aliphatic carbocycles. The van der Waals surface area contributed by atoms with Gasteiger partial charge in [0.05, 0.1) is 0 Å². The Morgan fingerprint density at radius 1 is 1.39 bits per heavy atom. The van der Waals surface area contributed by atoms with Gasteiger partial charge in [-0.25, -0.2) is 4.98 Å². The van der Waals surface area contributed by atoms with Crippen molar-refractivity contribution in [1.82, 2.24) is 4.98 Å². The van der Waals surface area contributed by atoms with Gasteiger partial charge in [0.25, 0.3) is 0 Å². The maximum Gasteiger partial charge on any atom is 0.147 e. The first-order chi connectivity index (χ1) is 8.70. The third-order valence-electron chi connectivity index (χ3n) is 2.52. The molecule has 0 unspecified atom stereocenters. The summed E-state index contributed by atoms with van der Waals surface area (Å²) in [5.74, 6) is 0.781. The largest absolute Gasteiger partial charge is 0.489 e. The zero-order valence-electron chi connectivity index (χ0n) is 9.85. The lowest BCUT2D eigenvalue weighted by Crippen LogP contribution is -2.00. The van der Waals surface area contributed by atoms with E-state index in [1.807, 2.05) is 31.2 Å². The molecule has 0 amide bonds. The predicted octanol–water partition coefficient (Wildman–Crippen LogP) is 3.60. The highest BCUT2D eigenvalue weighted by atomic mass is 79.9. The van der Waals surface area contributed by atoms with E-state index in [2.05, 4.69) is 27.0 Å². The smallest absolute Gasteiger partial charge is 0.147 e. The monoisotopic (exact) mass is 302 g/mol.